The molecule has 2 saturated heterocycles. The quantitative estimate of drug-likeness (QED) is 0.0513. The van der Waals surface area contributed by atoms with Crippen molar-refractivity contribution in [3.05, 3.63) is 59.7 Å². The zero-order valence-electron chi connectivity index (χ0n) is 33.6. The molecule has 2 aromatic rings. The lowest BCUT2D eigenvalue weighted by Crippen LogP contribution is -2.41. The number of carbonyl (C=O) groups excluding carboxylic acids is 4. The van der Waals surface area contributed by atoms with E-state index in [2.05, 4.69) is 26.6 Å². The maximum Gasteiger partial charge on any atom is 0.407 e. The van der Waals surface area contributed by atoms with Crippen molar-refractivity contribution in [2.75, 3.05) is 78.3 Å². The van der Waals surface area contributed by atoms with Crippen molar-refractivity contribution < 1.29 is 52.8 Å². The molecule has 2 heterocycles. The molecule has 0 aromatic heterocycles. The molecule has 0 saturated carbocycles. The topological polar surface area (TPSA) is 212 Å². The summed E-state index contributed by atoms with van der Waals surface area (Å²) in [6, 6.07) is 15.2. The van der Waals surface area contributed by atoms with Crippen LogP contribution >= 0.6 is 11.8 Å². The number of hydrogen-bond donors (Lipinski definition) is 6. The molecular formula is C42H59N5O11S. The molecule has 16 nitrogen and oxygen atoms in total. The molecule has 0 radical (unpaired) electrons. The van der Waals surface area contributed by atoms with Crippen LogP contribution in [0.5, 0.6) is 0 Å². The number of aliphatic carboxylic acids is 1. The Kier molecular flexibility index (Phi) is 19.5. The van der Waals surface area contributed by atoms with E-state index in [-0.39, 0.29) is 61.9 Å². The Hall–Kier alpha value is -4.42. The molecule has 59 heavy (non-hydrogen) atoms. The number of hydrogen-bond acceptors (Lipinski definition) is 11. The molecule has 0 bridgehead atoms. The summed E-state index contributed by atoms with van der Waals surface area (Å²) in [5.41, 5.74) is 4.36. The summed E-state index contributed by atoms with van der Waals surface area (Å²) in [4.78, 5) is 60.1. The van der Waals surface area contributed by atoms with E-state index in [1.54, 1.807) is 0 Å². The molecule has 0 spiro atoms. The summed E-state index contributed by atoms with van der Waals surface area (Å²) in [7, 11) is 0. The number of unbranched alkanes of at least 4 members (excludes halogenated alkanes) is 2. The van der Waals surface area contributed by atoms with Crippen molar-refractivity contribution in [1.29, 1.82) is 0 Å². The van der Waals surface area contributed by atoms with Crippen LogP contribution in [0.15, 0.2) is 48.5 Å². The average Bonchev–Trinajstić information content (AvgIpc) is 3.89. The summed E-state index contributed by atoms with van der Waals surface area (Å²) < 4.78 is 27.4. The third kappa shape index (κ3) is 15.3. The van der Waals surface area contributed by atoms with Crippen molar-refractivity contribution in [1.82, 2.24) is 26.6 Å². The van der Waals surface area contributed by atoms with Crippen LogP contribution in [0.3, 0.4) is 0 Å². The van der Waals surface area contributed by atoms with Crippen LogP contribution in [0.4, 0.5) is 9.59 Å². The smallest absolute Gasteiger partial charge is 0.407 e. The van der Waals surface area contributed by atoms with Gasteiger partial charge in [0.05, 0.1) is 64.9 Å². The summed E-state index contributed by atoms with van der Waals surface area (Å²) in [5, 5.41) is 24.1. The maximum absolute atomic E-state index is 12.6. The first-order valence-corrected chi connectivity index (χ1v) is 21.7. The largest absolute Gasteiger partial charge is 0.480 e. The van der Waals surface area contributed by atoms with Gasteiger partial charge in [-0.05, 0) is 54.4 Å². The minimum atomic E-state index is -1.15. The zero-order valence-corrected chi connectivity index (χ0v) is 34.4. The van der Waals surface area contributed by atoms with E-state index in [9.17, 15) is 29.1 Å². The Morgan fingerprint density at radius 1 is 0.729 bits per heavy atom. The number of amides is 5. The predicted molar refractivity (Wildman–Crippen MR) is 221 cm³/mol. The fourth-order valence-electron chi connectivity index (χ4n) is 7.38. The molecule has 2 fully saturated rings. The normalized spacial score (nSPS) is 18.2. The first kappa shape index (κ1) is 45.7. The van der Waals surface area contributed by atoms with Crippen LogP contribution in [0, 0.1) is 0 Å². The minimum Gasteiger partial charge on any atom is -0.480 e. The maximum atomic E-state index is 12.6. The number of carboxylic acid groups (broad SMARTS) is 1. The first-order chi connectivity index (χ1) is 28.8. The number of carbonyl (C=O) groups is 5. The fraction of sp³-hybridized carbons (Fsp3) is 0.595. The van der Waals surface area contributed by atoms with Gasteiger partial charge in [-0.25, -0.2) is 14.4 Å². The number of rotatable bonds is 29. The van der Waals surface area contributed by atoms with E-state index in [1.165, 1.54) is 0 Å². The molecule has 3 aliphatic rings. The molecule has 5 rings (SSSR count). The lowest BCUT2D eigenvalue weighted by atomic mass is 9.98. The second-order valence-corrected chi connectivity index (χ2v) is 15.9. The van der Waals surface area contributed by atoms with Crippen LogP contribution in [0.25, 0.3) is 11.1 Å². The third-order valence-electron chi connectivity index (χ3n) is 10.4. The Morgan fingerprint density at radius 3 is 2.02 bits per heavy atom. The molecule has 17 heteroatoms. The lowest BCUT2D eigenvalue weighted by Gasteiger charge is -2.17. The highest BCUT2D eigenvalue weighted by Crippen LogP contribution is 2.44. The van der Waals surface area contributed by atoms with Crippen LogP contribution in [-0.4, -0.2) is 137 Å². The Bertz CT molecular complexity index is 1620. The standard InChI is InChI=1S/C42H59N5O11S/c48-37(15-6-5-14-36-39-35(28-59-36)45-41(52)47-39)44-18-20-55-22-24-57-26-25-56-23-21-54-19-16-38(49)43-17-8-7-13-34(40(50)51)46-42(53)58-27-33-31-11-3-1-9-29(31)30-10-2-4-12-32(30)33/h1-4,9-12,33-36,39H,5-8,13-28H2,(H,43,49)(H,44,48)(H,46,53)(H,50,51)(H2,45,47,52). The van der Waals surface area contributed by atoms with E-state index in [0.29, 0.717) is 83.9 Å². The van der Waals surface area contributed by atoms with E-state index < -0.39 is 18.1 Å². The predicted octanol–water partition coefficient (Wildman–Crippen LogP) is 3.56. The van der Waals surface area contributed by atoms with Gasteiger partial charge in [0.25, 0.3) is 0 Å². The number of nitrogens with one attached hydrogen (secondary N) is 5. The first-order valence-electron chi connectivity index (χ1n) is 20.7. The number of urea groups is 1. The van der Waals surface area contributed by atoms with Gasteiger partial charge in [0, 0.05) is 42.9 Å². The molecule has 2 aromatic carbocycles. The van der Waals surface area contributed by atoms with E-state index >= 15 is 0 Å². The fourth-order valence-corrected chi connectivity index (χ4v) is 8.92. The highest BCUT2D eigenvalue weighted by molar-refractivity contribution is 8.00. The Morgan fingerprint density at radius 2 is 1.34 bits per heavy atom. The summed E-state index contributed by atoms with van der Waals surface area (Å²) >= 11 is 1.89. The van der Waals surface area contributed by atoms with Crippen molar-refractivity contribution in [2.24, 2.45) is 0 Å². The molecule has 2 aliphatic heterocycles. The van der Waals surface area contributed by atoms with Crippen LogP contribution in [-0.2, 0) is 38.1 Å². The van der Waals surface area contributed by atoms with Crippen LogP contribution in [0.1, 0.15) is 68.4 Å². The average molecular weight is 842 g/mol. The van der Waals surface area contributed by atoms with Crippen molar-refractivity contribution >= 4 is 41.7 Å². The van der Waals surface area contributed by atoms with Gasteiger partial charge in [-0.15, -0.1) is 0 Å². The van der Waals surface area contributed by atoms with E-state index in [1.807, 2.05) is 60.3 Å². The van der Waals surface area contributed by atoms with Gasteiger partial charge in [-0.3, -0.25) is 9.59 Å². The molecule has 4 atom stereocenters. The Labute approximate surface area is 349 Å². The number of ether oxygens (including phenoxy) is 5. The van der Waals surface area contributed by atoms with Gasteiger partial charge >= 0.3 is 18.1 Å². The molecule has 6 N–H and O–H groups in total. The zero-order chi connectivity index (χ0) is 41.7. The second kappa shape index (κ2) is 25.3. The van der Waals surface area contributed by atoms with Crippen molar-refractivity contribution in [2.45, 2.75) is 80.7 Å². The van der Waals surface area contributed by atoms with E-state index in [0.717, 1.165) is 47.3 Å². The van der Waals surface area contributed by atoms with Gasteiger partial charge in [0.1, 0.15) is 12.6 Å². The number of carboxylic acids is 1. The third-order valence-corrected chi connectivity index (χ3v) is 11.9. The van der Waals surface area contributed by atoms with Gasteiger partial charge in [0.15, 0.2) is 0 Å². The molecule has 324 valence electrons. The Balaban J connectivity index is 0.760. The van der Waals surface area contributed by atoms with Crippen LogP contribution < -0.4 is 26.6 Å². The van der Waals surface area contributed by atoms with Crippen LogP contribution in [0.2, 0.25) is 0 Å². The van der Waals surface area contributed by atoms with Gasteiger partial charge in [-0.2, -0.15) is 11.8 Å². The number of benzene rings is 2. The van der Waals surface area contributed by atoms with Gasteiger partial charge < -0.3 is 55.4 Å². The van der Waals surface area contributed by atoms with E-state index in [4.69, 9.17) is 23.7 Å². The van der Waals surface area contributed by atoms with Crippen molar-refractivity contribution in [3.63, 3.8) is 0 Å². The highest BCUT2D eigenvalue weighted by atomic mass is 32.2. The summed E-state index contributed by atoms with van der Waals surface area (Å²) in [6.45, 7) is 3.93. The summed E-state index contributed by atoms with van der Waals surface area (Å²) in [5.74, 6) is -0.474. The number of alkyl carbamates (subject to hydrolysis) is 1. The van der Waals surface area contributed by atoms with Crippen molar-refractivity contribution in [3.8, 4) is 11.1 Å². The SMILES string of the molecule is O=C(CCCCC1SCC2NC(=O)NC21)NCCOCCOCCOCCOCCC(=O)NCCCCC(NC(=O)OCC1c2ccccc2-c2ccccc21)C(=O)O. The number of fused-ring (bicyclic) bond motifs is 4. The second-order valence-electron chi connectivity index (χ2n) is 14.6. The van der Waals surface area contributed by atoms with Gasteiger partial charge in [0.2, 0.25) is 11.8 Å². The van der Waals surface area contributed by atoms with Gasteiger partial charge in [-0.1, -0.05) is 55.0 Å². The molecule has 4 unspecified atom stereocenters. The minimum absolute atomic E-state index is 0.0174. The highest BCUT2D eigenvalue weighted by Gasteiger charge is 2.42. The molecular weight excluding hydrogens is 783 g/mol. The lowest BCUT2D eigenvalue weighted by molar-refractivity contribution is -0.139. The molecule has 5 amide bonds. The number of thioether (sulfide) groups is 1. The molecule has 1 aliphatic carbocycles. The summed E-state index contributed by atoms with van der Waals surface area (Å²) in [6.07, 6.45) is 3.89. The monoisotopic (exact) mass is 841 g/mol.